The number of nitrogens with zero attached hydrogens (tertiary/aromatic N) is 2. The summed E-state index contributed by atoms with van der Waals surface area (Å²) in [7, 11) is 0. The van der Waals surface area contributed by atoms with E-state index in [4.69, 9.17) is 4.74 Å². The Hall–Kier alpha value is -3.44. The molecular weight excluding hydrogens is 484 g/mol. The fourth-order valence-electron chi connectivity index (χ4n) is 7.73. The van der Waals surface area contributed by atoms with E-state index < -0.39 is 0 Å². The normalized spacial score (nSPS) is 22.4. The molecule has 2 aliphatic rings. The molecular formula is C34H40N2O3. The van der Waals surface area contributed by atoms with Gasteiger partial charge >= 0.3 is 0 Å². The third-order valence-electron chi connectivity index (χ3n) is 9.01. The van der Waals surface area contributed by atoms with Crippen molar-refractivity contribution in [1.82, 2.24) is 9.47 Å². The molecule has 1 aliphatic heterocycles. The lowest BCUT2D eigenvalue weighted by atomic mass is 9.67. The lowest BCUT2D eigenvalue weighted by molar-refractivity contribution is 0.0732. The predicted octanol–water partition coefficient (Wildman–Crippen LogP) is 7.36. The lowest BCUT2D eigenvalue weighted by Gasteiger charge is -2.43. The highest BCUT2D eigenvalue weighted by atomic mass is 16.5. The van der Waals surface area contributed by atoms with Gasteiger partial charge in [0.15, 0.2) is 0 Å². The minimum Gasteiger partial charge on any atom is -0.508 e. The van der Waals surface area contributed by atoms with Gasteiger partial charge in [-0.2, -0.15) is 0 Å². The first kappa shape index (κ1) is 25.8. The van der Waals surface area contributed by atoms with Gasteiger partial charge < -0.3 is 19.5 Å². The molecule has 5 nitrogen and oxygen atoms in total. The molecule has 2 fully saturated rings. The summed E-state index contributed by atoms with van der Waals surface area (Å²) in [4.78, 5) is 2.67. The highest BCUT2D eigenvalue weighted by Crippen LogP contribution is 2.51. The average Bonchev–Trinajstić information content (AvgIpc) is 3.28. The zero-order valence-electron chi connectivity index (χ0n) is 23.6. The topological polar surface area (TPSA) is 57.9 Å². The quantitative estimate of drug-likeness (QED) is 0.265. The Morgan fingerprint density at radius 3 is 2.36 bits per heavy atom. The summed E-state index contributed by atoms with van der Waals surface area (Å²) < 4.78 is 8.50. The second kappa shape index (κ2) is 9.63. The largest absolute Gasteiger partial charge is 0.508 e. The maximum Gasteiger partial charge on any atom is 0.119 e. The Labute approximate surface area is 231 Å². The molecule has 0 radical (unpaired) electrons. The zero-order valence-corrected chi connectivity index (χ0v) is 23.6. The molecule has 4 aromatic rings. The molecule has 1 aromatic heterocycles. The number of rotatable bonds is 7. The van der Waals surface area contributed by atoms with Gasteiger partial charge in [-0.1, -0.05) is 26.0 Å². The van der Waals surface area contributed by atoms with Crippen LogP contribution in [0.2, 0.25) is 0 Å². The van der Waals surface area contributed by atoms with Crippen molar-refractivity contribution in [3.05, 3.63) is 77.9 Å². The smallest absolute Gasteiger partial charge is 0.119 e. The third kappa shape index (κ3) is 5.00. The number of phenols is 2. The number of aromatic nitrogens is 1. The van der Waals surface area contributed by atoms with Crippen molar-refractivity contribution in [2.24, 2.45) is 11.3 Å². The number of likely N-dealkylation sites (tertiary alicyclic amines) is 1. The summed E-state index contributed by atoms with van der Waals surface area (Å²) in [5.41, 5.74) is 6.22. The Kier molecular flexibility index (Phi) is 6.38. The monoisotopic (exact) mass is 524 g/mol. The van der Waals surface area contributed by atoms with E-state index in [2.05, 4.69) is 61.4 Å². The molecule has 6 rings (SSSR count). The maximum absolute atomic E-state index is 10.1. The Morgan fingerprint density at radius 2 is 1.62 bits per heavy atom. The summed E-state index contributed by atoms with van der Waals surface area (Å²) in [5.74, 6) is 2.24. The first-order chi connectivity index (χ1) is 18.6. The molecule has 2 heterocycles. The summed E-state index contributed by atoms with van der Waals surface area (Å²) in [5, 5.41) is 21.0. The summed E-state index contributed by atoms with van der Waals surface area (Å²) >= 11 is 0. The van der Waals surface area contributed by atoms with Crippen LogP contribution >= 0.6 is 0 Å². The number of phenolic OH excluding ortho intramolecular Hbond substituents is 2. The van der Waals surface area contributed by atoms with Crippen LogP contribution in [0.15, 0.2) is 66.7 Å². The van der Waals surface area contributed by atoms with Gasteiger partial charge in [-0.15, -0.1) is 0 Å². The van der Waals surface area contributed by atoms with Gasteiger partial charge in [0.1, 0.15) is 23.9 Å². The highest BCUT2D eigenvalue weighted by Gasteiger charge is 2.49. The first-order valence-electron chi connectivity index (χ1n) is 14.2. The molecule has 0 amide bonds. The molecule has 5 heteroatoms. The van der Waals surface area contributed by atoms with Crippen LogP contribution in [0.1, 0.15) is 51.2 Å². The fourth-order valence-corrected chi connectivity index (χ4v) is 7.73. The third-order valence-corrected chi connectivity index (χ3v) is 9.01. The molecule has 0 spiro atoms. The van der Waals surface area contributed by atoms with E-state index in [-0.39, 0.29) is 11.5 Å². The molecule has 204 valence electrons. The van der Waals surface area contributed by atoms with E-state index in [9.17, 15) is 10.2 Å². The number of ether oxygens (including phenoxy) is 1. The second-order valence-electron chi connectivity index (χ2n) is 12.9. The first-order valence-corrected chi connectivity index (χ1v) is 14.2. The molecule has 3 aromatic carbocycles. The standard InChI is InChI=1S/C34H40N2O3/c1-23-30-17-28(38)11-14-31(30)36(32(23)26-7-9-27(37)10-8-26)21-24-5-12-29(13-6-24)39-16-15-35-20-25-18-33(2,3)22-34(35,4)19-25/h5-14,17,25,37-38H,15-16,18-22H2,1-4H3. The van der Waals surface area contributed by atoms with Crippen molar-refractivity contribution < 1.29 is 14.9 Å². The van der Waals surface area contributed by atoms with E-state index in [1.807, 2.05) is 24.3 Å². The van der Waals surface area contributed by atoms with Crippen molar-refractivity contribution >= 4 is 10.9 Å². The summed E-state index contributed by atoms with van der Waals surface area (Å²) in [6.07, 6.45) is 3.93. The number of hydrogen-bond acceptors (Lipinski definition) is 4. The molecule has 39 heavy (non-hydrogen) atoms. The molecule has 1 saturated heterocycles. The lowest BCUT2D eigenvalue weighted by Crippen LogP contribution is -2.46. The van der Waals surface area contributed by atoms with Crippen LogP contribution < -0.4 is 4.74 Å². The SMILES string of the molecule is Cc1c(-c2ccc(O)cc2)n(Cc2ccc(OCCN3CC4CC(C)(C)CC3(C)C4)cc2)c2ccc(O)cc12. The van der Waals surface area contributed by atoms with Gasteiger partial charge in [-0.05, 0) is 116 Å². The van der Waals surface area contributed by atoms with E-state index in [1.54, 1.807) is 18.2 Å². The van der Waals surface area contributed by atoms with Gasteiger partial charge in [0.25, 0.3) is 0 Å². The summed E-state index contributed by atoms with van der Waals surface area (Å²) in [6, 6.07) is 21.3. The van der Waals surface area contributed by atoms with Crippen molar-refractivity contribution in [2.45, 2.75) is 59.0 Å². The van der Waals surface area contributed by atoms with Gasteiger partial charge in [0.2, 0.25) is 0 Å². The van der Waals surface area contributed by atoms with E-state index in [1.165, 1.54) is 31.4 Å². The van der Waals surface area contributed by atoms with Gasteiger partial charge in [0.05, 0.1) is 5.69 Å². The van der Waals surface area contributed by atoms with Crippen LogP contribution in [0.4, 0.5) is 0 Å². The minimum atomic E-state index is 0.248. The Morgan fingerprint density at radius 1 is 0.897 bits per heavy atom. The number of hydrogen-bond donors (Lipinski definition) is 2. The maximum atomic E-state index is 10.1. The van der Waals surface area contributed by atoms with Crippen LogP contribution in [0.5, 0.6) is 17.2 Å². The molecule has 1 saturated carbocycles. The van der Waals surface area contributed by atoms with Crippen molar-refractivity contribution in [1.29, 1.82) is 0 Å². The van der Waals surface area contributed by atoms with E-state index >= 15 is 0 Å². The number of benzene rings is 3. The van der Waals surface area contributed by atoms with Crippen LogP contribution in [0.25, 0.3) is 22.2 Å². The molecule has 1 aliphatic carbocycles. The number of fused-ring (bicyclic) bond motifs is 3. The van der Waals surface area contributed by atoms with Crippen molar-refractivity contribution in [3.8, 4) is 28.5 Å². The number of aromatic hydroxyl groups is 2. The zero-order chi connectivity index (χ0) is 27.4. The summed E-state index contributed by atoms with van der Waals surface area (Å²) in [6.45, 7) is 13.0. The van der Waals surface area contributed by atoms with Crippen LogP contribution in [0, 0.1) is 18.3 Å². The fraction of sp³-hybridized carbons (Fsp3) is 0.412. The van der Waals surface area contributed by atoms with Crippen molar-refractivity contribution in [2.75, 3.05) is 19.7 Å². The minimum absolute atomic E-state index is 0.248. The van der Waals surface area contributed by atoms with E-state index in [0.29, 0.717) is 24.1 Å². The van der Waals surface area contributed by atoms with Crippen LogP contribution in [-0.2, 0) is 6.54 Å². The second-order valence-corrected chi connectivity index (χ2v) is 12.9. The average molecular weight is 525 g/mol. The number of aryl methyl sites for hydroxylation is 1. The van der Waals surface area contributed by atoms with Gasteiger partial charge in [0, 0.05) is 36.1 Å². The molecule has 2 bridgehead atoms. The molecule has 2 N–H and O–H groups in total. The molecule has 2 unspecified atom stereocenters. The van der Waals surface area contributed by atoms with Gasteiger partial charge in [-0.25, -0.2) is 0 Å². The highest BCUT2D eigenvalue weighted by molar-refractivity contribution is 5.92. The van der Waals surface area contributed by atoms with Crippen molar-refractivity contribution in [3.63, 3.8) is 0 Å². The predicted molar refractivity (Wildman–Crippen MR) is 158 cm³/mol. The van der Waals surface area contributed by atoms with Gasteiger partial charge in [-0.3, -0.25) is 4.90 Å². The van der Waals surface area contributed by atoms with Crippen LogP contribution in [0.3, 0.4) is 0 Å². The van der Waals surface area contributed by atoms with Crippen LogP contribution in [-0.4, -0.2) is 44.9 Å². The van der Waals surface area contributed by atoms with E-state index in [0.717, 1.165) is 45.9 Å². The molecule has 2 atom stereocenters. The Bertz CT molecular complexity index is 1490. The Balaban J connectivity index is 1.17.